The Labute approximate surface area is 167 Å². The minimum atomic E-state index is -0.529. The van der Waals surface area contributed by atoms with Gasteiger partial charge in [0.2, 0.25) is 0 Å². The molecule has 5 unspecified atom stereocenters. The molecule has 0 aromatic rings. The molecule has 0 aromatic carbocycles. The van der Waals surface area contributed by atoms with Crippen LogP contribution in [0.25, 0.3) is 0 Å². The fourth-order valence-electron chi connectivity index (χ4n) is 5.73. The summed E-state index contributed by atoms with van der Waals surface area (Å²) in [4.78, 5) is 37.8. The van der Waals surface area contributed by atoms with Crippen molar-refractivity contribution < 1.29 is 23.9 Å². The summed E-state index contributed by atoms with van der Waals surface area (Å²) < 4.78 is 11.4. The Hall–Kier alpha value is -1.75. The number of ether oxygens (including phenoxy) is 2. The standard InChI is InChI=1S/C23H32O5/c1-13-15-7-8-19(25)23(5)10-9-20(28-14(2)24)22(3,4)18(23)12-17(27-6)16(11-15)21(13)26/h11,15,17-18,20H,1,7-10,12H2,2-6H3. The summed E-state index contributed by atoms with van der Waals surface area (Å²) in [7, 11) is 1.61. The van der Waals surface area contributed by atoms with Crippen molar-refractivity contribution in [3.8, 4) is 0 Å². The lowest BCUT2D eigenvalue weighted by molar-refractivity contribution is -0.173. The molecule has 5 nitrogen and oxygen atoms in total. The lowest BCUT2D eigenvalue weighted by Crippen LogP contribution is -2.55. The van der Waals surface area contributed by atoms with Gasteiger partial charge in [0, 0.05) is 42.8 Å². The van der Waals surface area contributed by atoms with Crippen molar-refractivity contribution in [2.45, 2.75) is 72.0 Å². The molecule has 1 saturated carbocycles. The van der Waals surface area contributed by atoms with Crippen LogP contribution in [0.4, 0.5) is 0 Å². The second-order valence-corrected chi connectivity index (χ2v) is 9.43. The molecule has 2 bridgehead atoms. The summed E-state index contributed by atoms with van der Waals surface area (Å²) in [5.74, 6) is -0.267. The third kappa shape index (κ3) is 3.28. The normalized spacial score (nSPS) is 37.9. The summed E-state index contributed by atoms with van der Waals surface area (Å²) in [5, 5.41) is 0. The van der Waals surface area contributed by atoms with Crippen molar-refractivity contribution in [3.05, 3.63) is 23.8 Å². The van der Waals surface area contributed by atoms with E-state index < -0.39 is 10.8 Å². The van der Waals surface area contributed by atoms with Gasteiger partial charge in [0.15, 0.2) is 5.78 Å². The predicted octanol–water partition coefficient (Wildman–Crippen LogP) is 3.81. The molecule has 0 N–H and O–H groups in total. The molecule has 3 aliphatic carbocycles. The first kappa shape index (κ1) is 21.0. The summed E-state index contributed by atoms with van der Waals surface area (Å²) in [6, 6.07) is 0. The molecular formula is C23H32O5. The highest BCUT2D eigenvalue weighted by Crippen LogP contribution is 2.56. The van der Waals surface area contributed by atoms with E-state index in [1.54, 1.807) is 7.11 Å². The quantitative estimate of drug-likeness (QED) is 0.531. The first-order chi connectivity index (χ1) is 13.0. The molecule has 5 heteroatoms. The number of carbonyl (C=O) groups excluding carboxylic acids is 3. The van der Waals surface area contributed by atoms with Gasteiger partial charge < -0.3 is 9.47 Å². The van der Waals surface area contributed by atoms with Gasteiger partial charge >= 0.3 is 5.97 Å². The Kier molecular flexibility index (Phi) is 5.43. The highest BCUT2D eigenvalue weighted by molar-refractivity contribution is 6.11. The number of ketones is 2. The van der Waals surface area contributed by atoms with Crippen LogP contribution in [0.5, 0.6) is 0 Å². The number of carbonyl (C=O) groups is 3. The second-order valence-electron chi connectivity index (χ2n) is 9.43. The largest absolute Gasteiger partial charge is 0.462 e. The van der Waals surface area contributed by atoms with E-state index in [0.29, 0.717) is 43.3 Å². The smallest absolute Gasteiger partial charge is 0.302 e. The average Bonchev–Trinajstić information content (AvgIpc) is 2.89. The number of hydrogen-bond acceptors (Lipinski definition) is 5. The van der Waals surface area contributed by atoms with E-state index in [9.17, 15) is 14.4 Å². The molecule has 0 radical (unpaired) electrons. The zero-order valence-electron chi connectivity index (χ0n) is 17.7. The number of methoxy groups -OCH3 is 1. The fourth-order valence-corrected chi connectivity index (χ4v) is 5.73. The van der Waals surface area contributed by atoms with E-state index in [2.05, 4.69) is 20.4 Å². The first-order valence-corrected chi connectivity index (χ1v) is 10.2. The van der Waals surface area contributed by atoms with E-state index in [1.807, 2.05) is 13.0 Å². The first-order valence-electron chi connectivity index (χ1n) is 10.2. The van der Waals surface area contributed by atoms with Crippen LogP contribution in [0.15, 0.2) is 23.8 Å². The Morgan fingerprint density at radius 2 is 1.89 bits per heavy atom. The number of allylic oxidation sites excluding steroid dienone is 2. The molecule has 3 aliphatic rings. The molecule has 28 heavy (non-hydrogen) atoms. The lowest BCUT2D eigenvalue weighted by atomic mass is 9.52. The molecule has 0 aliphatic heterocycles. The van der Waals surface area contributed by atoms with Crippen molar-refractivity contribution in [1.29, 1.82) is 0 Å². The molecule has 5 atom stereocenters. The molecule has 1 fully saturated rings. The Balaban J connectivity index is 2.05. The highest BCUT2D eigenvalue weighted by Gasteiger charge is 2.56. The maximum absolute atomic E-state index is 13.4. The monoisotopic (exact) mass is 388 g/mol. The molecule has 0 amide bonds. The third-order valence-electron chi connectivity index (χ3n) is 7.51. The van der Waals surface area contributed by atoms with Crippen LogP contribution in [0, 0.1) is 22.7 Å². The van der Waals surface area contributed by atoms with Crippen molar-refractivity contribution in [1.82, 2.24) is 0 Å². The number of Topliss-reactive ketones (excluding diaryl/α,β-unsaturated/α-hetero) is 2. The SMILES string of the molecule is C=C1C(=O)C2=CC1CCC(=O)C1(C)CCC(OC(C)=O)C(C)(C)C1CC2OC. The van der Waals surface area contributed by atoms with Gasteiger partial charge in [0.05, 0.1) is 6.10 Å². The molecule has 0 spiro atoms. The molecule has 154 valence electrons. The molecule has 3 rings (SSSR count). The maximum Gasteiger partial charge on any atom is 0.302 e. The molecular weight excluding hydrogens is 356 g/mol. The maximum atomic E-state index is 13.4. The summed E-state index contributed by atoms with van der Waals surface area (Å²) in [5.41, 5.74) is 0.290. The minimum Gasteiger partial charge on any atom is -0.462 e. The zero-order chi connectivity index (χ0) is 20.9. The van der Waals surface area contributed by atoms with Crippen LogP contribution in [0.3, 0.4) is 0 Å². The van der Waals surface area contributed by atoms with Crippen LogP contribution < -0.4 is 0 Å². The van der Waals surface area contributed by atoms with E-state index >= 15 is 0 Å². The van der Waals surface area contributed by atoms with Crippen LogP contribution in [-0.4, -0.2) is 36.9 Å². The molecule has 0 aromatic heterocycles. The second kappa shape index (κ2) is 7.25. The van der Waals surface area contributed by atoms with Gasteiger partial charge in [-0.25, -0.2) is 0 Å². The predicted molar refractivity (Wildman–Crippen MR) is 106 cm³/mol. The Morgan fingerprint density at radius 3 is 2.50 bits per heavy atom. The summed E-state index contributed by atoms with van der Waals surface area (Å²) >= 11 is 0. The van der Waals surface area contributed by atoms with Gasteiger partial charge in [-0.05, 0) is 37.2 Å². The van der Waals surface area contributed by atoms with E-state index in [4.69, 9.17) is 9.47 Å². The minimum absolute atomic E-state index is 0.0435. The number of fused-ring (bicyclic) bond motifs is 2. The van der Waals surface area contributed by atoms with Gasteiger partial charge in [-0.15, -0.1) is 0 Å². The fraction of sp³-hybridized carbons (Fsp3) is 0.696. The average molecular weight is 389 g/mol. The zero-order valence-corrected chi connectivity index (χ0v) is 17.7. The van der Waals surface area contributed by atoms with Crippen molar-refractivity contribution >= 4 is 17.5 Å². The van der Waals surface area contributed by atoms with Gasteiger partial charge in [0.1, 0.15) is 11.9 Å². The van der Waals surface area contributed by atoms with E-state index in [-0.39, 0.29) is 41.6 Å². The van der Waals surface area contributed by atoms with Crippen LogP contribution in [-0.2, 0) is 23.9 Å². The van der Waals surface area contributed by atoms with Crippen LogP contribution >= 0.6 is 0 Å². The van der Waals surface area contributed by atoms with Gasteiger partial charge in [-0.3, -0.25) is 14.4 Å². The topological polar surface area (TPSA) is 69.7 Å². The number of rotatable bonds is 2. The lowest BCUT2D eigenvalue weighted by Gasteiger charge is -2.54. The summed E-state index contributed by atoms with van der Waals surface area (Å²) in [6.07, 6.45) is 4.23. The van der Waals surface area contributed by atoms with Crippen LogP contribution in [0.2, 0.25) is 0 Å². The molecule has 0 saturated heterocycles. The van der Waals surface area contributed by atoms with E-state index in [1.165, 1.54) is 6.92 Å². The third-order valence-corrected chi connectivity index (χ3v) is 7.51. The van der Waals surface area contributed by atoms with Gasteiger partial charge in [-0.1, -0.05) is 33.4 Å². The highest BCUT2D eigenvalue weighted by atomic mass is 16.5. The van der Waals surface area contributed by atoms with Crippen LogP contribution in [0.1, 0.15) is 59.8 Å². The van der Waals surface area contributed by atoms with Gasteiger partial charge in [-0.2, -0.15) is 0 Å². The summed E-state index contributed by atoms with van der Waals surface area (Å²) in [6.45, 7) is 11.6. The number of esters is 1. The van der Waals surface area contributed by atoms with Crippen molar-refractivity contribution in [2.24, 2.45) is 22.7 Å². The Bertz CT molecular complexity index is 746. The number of hydrogen-bond donors (Lipinski definition) is 0. The van der Waals surface area contributed by atoms with Crippen molar-refractivity contribution in [3.63, 3.8) is 0 Å². The van der Waals surface area contributed by atoms with E-state index in [0.717, 1.165) is 0 Å². The molecule has 0 heterocycles. The Morgan fingerprint density at radius 1 is 1.21 bits per heavy atom. The van der Waals surface area contributed by atoms with Crippen molar-refractivity contribution in [2.75, 3.05) is 7.11 Å². The van der Waals surface area contributed by atoms with Gasteiger partial charge in [0.25, 0.3) is 0 Å².